The second-order valence-electron chi connectivity index (χ2n) is 3.53. The number of aliphatic carboxylic acids is 1. The summed E-state index contributed by atoms with van der Waals surface area (Å²) in [5.74, 6) is -1.43. The molecule has 0 bridgehead atoms. The van der Waals surface area contributed by atoms with E-state index in [0.717, 1.165) is 0 Å². The zero-order chi connectivity index (χ0) is 12.8. The second-order valence-corrected chi connectivity index (χ2v) is 3.53. The van der Waals surface area contributed by atoms with Crippen LogP contribution >= 0.6 is 0 Å². The summed E-state index contributed by atoms with van der Waals surface area (Å²) in [4.78, 5) is 21.5. The summed E-state index contributed by atoms with van der Waals surface area (Å²) in [5, 5.41) is 11.4. The number of rotatable bonds is 6. The largest absolute Gasteiger partial charge is 0.481 e. The van der Waals surface area contributed by atoms with Gasteiger partial charge in [0.1, 0.15) is 0 Å². The number of allylic oxidation sites excluding steroid dienone is 1. The maximum absolute atomic E-state index is 11.1. The molecule has 0 heterocycles. The van der Waals surface area contributed by atoms with Gasteiger partial charge in [-0.1, -0.05) is 18.7 Å². The topological polar surface area (TPSA) is 92.4 Å². The predicted octanol–water partition coefficient (Wildman–Crippen LogP) is 1.58. The molecule has 90 valence electrons. The van der Waals surface area contributed by atoms with Crippen LogP contribution in [0.2, 0.25) is 0 Å². The third-order valence-electron chi connectivity index (χ3n) is 2.14. The molecule has 0 saturated carbocycles. The number of hydrogen-bond acceptors (Lipinski definition) is 3. The molecule has 0 saturated heterocycles. The lowest BCUT2D eigenvalue weighted by molar-refractivity contribution is -0.136. The van der Waals surface area contributed by atoms with Gasteiger partial charge in [-0.05, 0) is 18.6 Å². The molecule has 0 aliphatic heterocycles. The number of carboxylic acids is 1. The molecule has 5 heteroatoms. The first-order valence-electron chi connectivity index (χ1n) is 5.06. The van der Waals surface area contributed by atoms with E-state index in [-0.39, 0.29) is 6.42 Å². The van der Waals surface area contributed by atoms with Crippen LogP contribution in [-0.4, -0.2) is 17.0 Å². The average molecular weight is 234 g/mol. The van der Waals surface area contributed by atoms with Gasteiger partial charge < -0.3 is 16.2 Å². The molecule has 5 nitrogen and oxygen atoms in total. The van der Waals surface area contributed by atoms with E-state index in [1.54, 1.807) is 24.3 Å². The van der Waals surface area contributed by atoms with Crippen LogP contribution in [0.5, 0.6) is 0 Å². The van der Waals surface area contributed by atoms with Gasteiger partial charge in [-0.15, -0.1) is 0 Å². The Bertz CT molecular complexity index is 455. The number of carbonyl (C=O) groups is 2. The van der Waals surface area contributed by atoms with Crippen LogP contribution in [0.15, 0.2) is 36.5 Å². The molecule has 0 fully saturated rings. The molecule has 1 rings (SSSR count). The van der Waals surface area contributed by atoms with E-state index in [2.05, 4.69) is 11.9 Å². The summed E-state index contributed by atoms with van der Waals surface area (Å²) in [7, 11) is 0. The third kappa shape index (κ3) is 3.98. The van der Waals surface area contributed by atoms with Crippen LogP contribution < -0.4 is 11.1 Å². The monoisotopic (exact) mass is 234 g/mol. The van der Waals surface area contributed by atoms with Crippen molar-refractivity contribution in [3.05, 3.63) is 42.1 Å². The van der Waals surface area contributed by atoms with Gasteiger partial charge in [0.05, 0.1) is 17.7 Å². The first-order valence-corrected chi connectivity index (χ1v) is 5.06. The van der Waals surface area contributed by atoms with Crippen LogP contribution in [0.4, 0.5) is 5.69 Å². The molecule has 0 aromatic heterocycles. The average Bonchev–Trinajstić information content (AvgIpc) is 2.27. The highest BCUT2D eigenvalue weighted by Gasteiger charge is 2.08. The minimum Gasteiger partial charge on any atom is -0.481 e. The third-order valence-corrected chi connectivity index (χ3v) is 2.14. The van der Waals surface area contributed by atoms with Crippen LogP contribution in [0.25, 0.3) is 0 Å². The Morgan fingerprint density at radius 3 is 2.53 bits per heavy atom. The number of benzene rings is 1. The van der Waals surface area contributed by atoms with E-state index in [4.69, 9.17) is 10.8 Å². The Balaban J connectivity index is 2.71. The number of para-hydroxylation sites is 1. The molecule has 4 N–H and O–H groups in total. The first-order chi connectivity index (χ1) is 8.00. The Labute approximate surface area is 98.9 Å². The second kappa shape index (κ2) is 5.69. The van der Waals surface area contributed by atoms with E-state index in [1.165, 1.54) is 0 Å². The molecule has 17 heavy (non-hydrogen) atoms. The fourth-order valence-corrected chi connectivity index (χ4v) is 1.32. The van der Waals surface area contributed by atoms with Crippen molar-refractivity contribution in [3.8, 4) is 0 Å². The SMILES string of the molecule is C=C(CCC(=O)O)Nc1ccccc1C(N)=O. The van der Waals surface area contributed by atoms with Crippen molar-refractivity contribution in [2.45, 2.75) is 12.8 Å². The van der Waals surface area contributed by atoms with Gasteiger partial charge in [-0.25, -0.2) is 0 Å². The summed E-state index contributed by atoms with van der Waals surface area (Å²) in [5.41, 5.74) is 6.63. The van der Waals surface area contributed by atoms with Crippen molar-refractivity contribution in [2.24, 2.45) is 5.73 Å². The van der Waals surface area contributed by atoms with Crippen molar-refractivity contribution < 1.29 is 14.7 Å². The summed E-state index contributed by atoms with van der Waals surface area (Å²) >= 11 is 0. The molecule has 0 aliphatic carbocycles. The van der Waals surface area contributed by atoms with Crippen LogP contribution in [-0.2, 0) is 4.79 Å². The minimum atomic E-state index is -0.892. The number of amides is 1. The number of carbonyl (C=O) groups excluding carboxylic acids is 1. The van der Waals surface area contributed by atoms with Gasteiger partial charge in [0.15, 0.2) is 0 Å². The van der Waals surface area contributed by atoms with Gasteiger partial charge in [-0.3, -0.25) is 9.59 Å². The highest BCUT2D eigenvalue weighted by molar-refractivity contribution is 5.98. The van der Waals surface area contributed by atoms with Crippen LogP contribution in [0, 0.1) is 0 Å². The molecule has 0 spiro atoms. The van der Waals surface area contributed by atoms with Gasteiger partial charge in [0, 0.05) is 5.70 Å². The smallest absolute Gasteiger partial charge is 0.303 e. The normalized spacial score (nSPS) is 9.65. The van der Waals surface area contributed by atoms with E-state index < -0.39 is 11.9 Å². The fraction of sp³-hybridized carbons (Fsp3) is 0.167. The summed E-state index contributed by atoms with van der Waals surface area (Å²) in [6.45, 7) is 3.70. The molecular formula is C12H14N2O3. The summed E-state index contributed by atoms with van der Waals surface area (Å²) < 4.78 is 0. The van der Waals surface area contributed by atoms with Crippen molar-refractivity contribution >= 4 is 17.6 Å². The maximum atomic E-state index is 11.1. The standard InChI is InChI=1S/C12H14N2O3/c1-8(6-7-11(15)16)14-10-5-3-2-4-9(10)12(13)17/h2-5,14H,1,6-7H2,(H2,13,17)(H,15,16). The van der Waals surface area contributed by atoms with Gasteiger partial charge in [0.2, 0.25) is 0 Å². The lowest BCUT2D eigenvalue weighted by atomic mass is 10.1. The lowest BCUT2D eigenvalue weighted by Gasteiger charge is -2.11. The Kier molecular flexibility index (Phi) is 4.28. The van der Waals surface area contributed by atoms with Crippen LogP contribution in [0.3, 0.4) is 0 Å². The van der Waals surface area contributed by atoms with Gasteiger partial charge >= 0.3 is 5.97 Å². The van der Waals surface area contributed by atoms with Crippen molar-refractivity contribution in [1.29, 1.82) is 0 Å². The minimum absolute atomic E-state index is 0.00935. The number of carboxylic acid groups (broad SMARTS) is 1. The Morgan fingerprint density at radius 1 is 1.29 bits per heavy atom. The van der Waals surface area contributed by atoms with Gasteiger partial charge in [0.25, 0.3) is 5.91 Å². The maximum Gasteiger partial charge on any atom is 0.303 e. The van der Waals surface area contributed by atoms with E-state index >= 15 is 0 Å². The van der Waals surface area contributed by atoms with Crippen molar-refractivity contribution in [1.82, 2.24) is 0 Å². The predicted molar refractivity (Wildman–Crippen MR) is 64.6 cm³/mol. The summed E-state index contributed by atoms with van der Waals surface area (Å²) in [6.07, 6.45) is 0.285. The quantitative estimate of drug-likeness (QED) is 0.696. The summed E-state index contributed by atoms with van der Waals surface area (Å²) in [6, 6.07) is 6.73. The molecule has 0 unspecified atom stereocenters. The molecule has 1 aromatic rings. The van der Waals surface area contributed by atoms with E-state index in [1.807, 2.05) is 0 Å². The molecule has 0 atom stereocenters. The fourth-order valence-electron chi connectivity index (χ4n) is 1.32. The zero-order valence-corrected chi connectivity index (χ0v) is 9.27. The number of hydrogen-bond donors (Lipinski definition) is 3. The number of nitrogens with two attached hydrogens (primary N) is 1. The van der Waals surface area contributed by atoms with Crippen molar-refractivity contribution in [3.63, 3.8) is 0 Å². The van der Waals surface area contributed by atoms with E-state index in [0.29, 0.717) is 23.4 Å². The van der Waals surface area contributed by atoms with Crippen molar-refractivity contribution in [2.75, 3.05) is 5.32 Å². The Morgan fingerprint density at radius 2 is 1.94 bits per heavy atom. The number of primary amides is 1. The number of nitrogens with one attached hydrogen (secondary N) is 1. The van der Waals surface area contributed by atoms with E-state index in [9.17, 15) is 9.59 Å². The molecule has 0 radical (unpaired) electrons. The molecule has 0 aliphatic rings. The number of anilines is 1. The van der Waals surface area contributed by atoms with Gasteiger partial charge in [-0.2, -0.15) is 0 Å². The zero-order valence-electron chi connectivity index (χ0n) is 9.27. The highest BCUT2D eigenvalue weighted by atomic mass is 16.4. The van der Waals surface area contributed by atoms with Crippen LogP contribution in [0.1, 0.15) is 23.2 Å². The molecule has 1 amide bonds. The lowest BCUT2D eigenvalue weighted by Crippen LogP contribution is -2.14. The first kappa shape index (κ1) is 12.8. The molecular weight excluding hydrogens is 220 g/mol. The molecule has 1 aromatic carbocycles. The highest BCUT2D eigenvalue weighted by Crippen LogP contribution is 2.17. The Hall–Kier alpha value is -2.30.